The molecule has 1 N–H and O–H groups in total. The zero-order chi connectivity index (χ0) is 10.6. The molecule has 1 aromatic rings. The molecule has 0 radical (unpaired) electrons. The molecule has 0 aliphatic carbocycles. The van der Waals surface area contributed by atoms with E-state index in [2.05, 4.69) is 5.32 Å². The second-order valence-electron chi connectivity index (χ2n) is 3.07. The fourth-order valence-corrected chi connectivity index (χ4v) is 1.23. The van der Waals surface area contributed by atoms with E-state index in [0.29, 0.717) is 5.02 Å². The third-order valence-corrected chi connectivity index (χ3v) is 1.93. The number of halogens is 1. The molecule has 76 valence electrons. The van der Waals surface area contributed by atoms with Gasteiger partial charge in [-0.1, -0.05) is 11.6 Å². The topological polar surface area (TPSA) is 55.2 Å². The Morgan fingerprint density at radius 1 is 1.50 bits per heavy atom. The van der Waals surface area contributed by atoms with Gasteiger partial charge in [-0.25, -0.2) is 0 Å². The minimum absolute atomic E-state index is 0.0946. The standard InChI is InChI=1S/C9H11ClN2O2/c1-7(6-12(13)14)11-9-4-2-8(10)3-5-9/h2-5,7,11H,6H2,1H3. The number of nitro groups is 1. The lowest BCUT2D eigenvalue weighted by Gasteiger charge is -2.10. The van der Waals surface area contributed by atoms with E-state index in [1.807, 2.05) is 0 Å². The van der Waals surface area contributed by atoms with Crippen molar-refractivity contribution in [2.45, 2.75) is 13.0 Å². The van der Waals surface area contributed by atoms with Crippen molar-refractivity contribution < 1.29 is 4.92 Å². The molecule has 1 aromatic carbocycles. The zero-order valence-electron chi connectivity index (χ0n) is 7.74. The molecule has 1 unspecified atom stereocenters. The van der Waals surface area contributed by atoms with Crippen LogP contribution in [-0.4, -0.2) is 17.5 Å². The fourth-order valence-electron chi connectivity index (χ4n) is 1.10. The number of rotatable bonds is 4. The summed E-state index contributed by atoms with van der Waals surface area (Å²) in [5.74, 6) is 0. The van der Waals surface area contributed by atoms with Crippen LogP contribution in [0.4, 0.5) is 5.69 Å². The van der Waals surface area contributed by atoms with E-state index in [4.69, 9.17) is 11.6 Å². The minimum atomic E-state index is -0.340. The summed E-state index contributed by atoms with van der Waals surface area (Å²) in [6, 6.07) is 6.87. The number of nitrogens with one attached hydrogen (secondary N) is 1. The Kier molecular flexibility index (Phi) is 3.71. The molecule has 0 aliphatic heterocycles. The van der Waals surface area contributed by atoms with E-state index in [0.717, 1.165) is 5.69 Å². The van der Waals surface area contributed by atoms with Gasteiger partial charge in [0.25, 0.3) is 0 Å². The molecule has 0 saturated heterocycles. The molecule has 14 heavy (non-hydrogen) atoms. The monoisotopic (exact) mass is 214 g/mol. The molecular formula is C9H11ClN2O2. The van der Waals surface area contributed by atoms with Gasteiger partial charge in [0.1, 0.15) is 0 Å². The van der Waals surface area contributed by atoms with Gasteiger partial charge in [-0.2, -0.15) is 0 Å². The van der Waals surface area contributed by atoms with Gasteiger partial charge >= 0.3 is 0 Å². The number of hydrogen-bond donors (Lipinski definition) is 1. The maximum atomic E-state index is 10.2. The Labute approximate surface area is 87.0 Å². The van der Waals surface area contributed by atoms with E-state index in [-0.39, 0.29) is 17.5 Å². The van der Waals surface area contributed by atoms with Crippen LogP contribution in [0.15, 0.2) is 24.3 Å². The summed E-state index contributed by atoms with van der Waals surface area (Å²) >= 11 is 5.70. The number of nitrogens with zero attached hydrogens (tertiary/aromatic N) is 1. The van der Waals surface area contributed by atoms with Crippen LogP contribution in [0.1, 0.15) is 6.92 Å². The minimum Gasteiger partial charge on any atom is -0.376 e. The van der Waals surface area contributed by atoms with E-state index in [1.165, 1.54) is 0 Å². The molecule has 0 heterocycles. The van der Waals surface area contributed by atoms with Gasteiger partial charge in [-0.15, -0.1) is 0 Å². The summed E-state index contributed by atoms with van der Waals surface area (Å²) in [4.78, 5) is 9.86. The van der Waals surface area contributed by atoms with Crippen LogP contribution in [0.5, 0.6) is 0 Å². The third-order valence-electron chi connectivity index (χ3n) is 1.68. The number of anilines is 1. The van der Waals surface area contributed by atoms with E-state index < -0.39 is 0 Å². The Bertz CT molecular complexity index is 313. The van der Waals surface area contributed by atoms with E-state index in [1.54, 1.807) is 31.2 Å². The normalized spacial score (nSPS) is 12.1. The Hall–Kier alpha value is -1.29. The Morgan fingerprint density at radius 3 is 2.57 bits per heavy atom. The molecular weight excluding hydrogens is 204 g/mol. The Morgan fingerprint density at radius 2 is 2.07 bits per heavy atom. The molecule has 1 atom stereocenters. The van der Waals surface area contributed by atoms with Gasteiger partial charge in [0, 0.05) is 15.6 Å². The SMILES string of the molecule is CC(C[N+](=O)[O-])Nc1ccc(Cl)cc1. The highest BCUT2D eigenvalue weighted by Crippen LogP contribution is 2.14. The van der Waals surface area contributed by atoms with Gasteiger partial charge in [0.05, 0.1) is 6.04 Å². The maximum Gasteiger partial charge on any atom is 0.223 e. The second-order valence-corrected chi connectivity index (χ2v) is 3.50. The summed E-state index contributed by atoms with van der Waals surface area (Å²) in [7, 11) is 0. The molecule has 0 bridgehead atoms. The van der Waals surface area contributed by atoms with Gasteiger partial charge in [-0.05, 0) is 31.2 Å². The molecule has 0 amide bonds. The first kappa shape index (κ1) is 10.8. The van der Waals surface area contributed by atoms with Crippen LogP contribution >= 0.6 is 11.6 Å². The average molecular weight is 215 g/mol. The predicted octanol–water partition coefficient (Wildman–Crippen LogP) is 2.42. The molecule has 0 fully saturated rings. The zero-order valence-corrected chi connectivity index (χ0v) is 8.49. The van der Waals surface area contributed by atoms with Crippen molar-refractivity contribution in [3.8, 4) is 0 Å². The summed E-state index contributed by atoms with van der Waals surface area (Å²) in [5, 5.41) is 13.8. The van der Waals surface area contributed by atoms with E-state index in [9.17, 15) is 10.1 Å². The molecule has 0 aromatic heterocycles. The summed E-state index contributed by atoms with van der Waals surface area (Å²) in [5.41, 5.74) is 0.837. The maximum absolute atomic E-state index is 10.2. The lowest BCUT2D eigenvalue weighted by atomic mass is 10.2. The molecule has 5 heteroatoms. The molecule has 0 saturated carbocycles. The second kappa shape index (κ2) is 4.81. The highest BCUT2D eigenvalue weighted by atomic mass is 35.5. The Balaban J connectivity index is 2.51. The molecule has 4 nitrogen and oxygen atoms in total. The van der Waals surface area contributed by atoms with Gasteiger partial charge in [0.2, 0.25) is 6.54 Å². The van der Waals surface area contributed by atoms with Crippen LogP contribution in [0.25, 0.3) is 0 Å². The molecule has 1 rings (SSSR count). The van der Waals surface area contributed by atoms with Crippen molar-refractivity contribution in [3.05, 3.63) is 39.4 Å². The predicted molar refractivity (Wildman–Crippen MR) is 56.4 cm³/mol. The highest BCUT2D eigenvalue weighted by molar-refractivity contribution is 6.30. The molecule has 0 aliphatic rings. The summed E-state index contributed by atoms with van der Waals surface area (Å²) < 4.78 is 0. The summed E-state index contributed by atoms with van der Waals surface area (Å²) in [6.45, 7) is 1.67. The largest absolute Gasteiger partial charge is 0.376 e. The number of hydrogen-bond acceptors (Lipinski definition) is 3. The average Bonchev–Trinajstić information content (AvgIpc) is 2.07. The quantitative estimate of drug-likeness (QED) is 0.619. The summed E-state index contributed by atoms with van der Waals surface area (Å²) in [6.07, 6.45) is 0. The third kappa shape index (κ3) is 3.62. The van der Waals surface area contributed by atoms with Gasteiger partial charge in [0.15, 0.2) is 0 Å². The number of benzene rings is 1. The van der Waals surface area contributed by atoms with Crippen LogP contribution in [0.2, 0.25) is 5.02 Å². The van der Waals surface area contributed by atoms with Gasteiger partial charge < -0.3 is 5.32 Å². The van der Waals surface area contributed by atoms with Crippen LogP contribution in [0.3, 0.4) is 0 Å². The van der Waals surface area contributed by atoms with Crippen molar-refractivity contribution in [1.82, 2.24) is 0 Å². The lowest BCUT2D eigenvalue weighted by molar-refractivity contribution is -0.481. The van der Waals surface area contributed by atoms with Crippen molar-refractivity contribution in [1.29, 1.82) is 0 Å². The highest BCUT2D eigenvalue weighted by Gasteiger charge is 2.08. The van der Waals surface area contributed by atoms with Crippen molar-refractivity contribution >= 4 is 17.3 Å². The lowest BCUT2D eigenvalue weighted by Crippen LogP contribution is -2.24. The van der Waals surface area contributed by atoms with Crippen molar-refractivity contribution in [3.63, 3.8) is 0 Å². The van der Waals surface area contributed by atoms with Crippen LogP contribution in [0, 0.1) is 10.1 Å². The fraction of sp³-hybridized carbons (Fsp3) is 0.333. The van der Waals surface area contributed by atoms with Crippen LogP contribution < -0.4 is 5.32 Å². The van der Waals surface area contributed by atoms with Gasteiger partial charge in [-0.3, -0.25) is 10.1 Å². The van der Waals surface area contributed by atoms with Crippen molar-refractivity contribution in [2.24, 2.45) is 0 Å². The van der Waals surface area contributed by atoms with Crippen LogP contribution in [-0.2, 0) is 0 Å². The van der Waals surface area contributed by atoms with E-state index >= 15 is 0 Å². The first-order chi connectivity index (χ1) is 6.58. The molecule has 0 spiro atoms. The van der Waals surface area contributed by atoms with Crippen molar-refractivity contribution in [2.75, 3.05) is 11.9 Å². The smallest absolute Gasteiger partial charge is 0.223 e. The first-order valence-corrected chi connectivity index (χ1v) is 4.59. The first-order valence-electron chi connectivity index (χ1n) is 4.22.